The first-order chi connectivity index (χ1) is 11.7. The molecule has 3 aromatic heterocycles. The van der Waals surface area contributed by atoms with Crippen LogP contribution in [0.2, 0.25) is 0 Å². The van der Waals surface area contributed by atoms with Gasteiger partial charge in [0.05, 0.1) is 18.5 Å². The third-order valence-corrected chi connectivity index (χ3v) is 4.25. The van der Waals surface area contributed by atoms with Crippen LogP contribution in [-0.2, 0) is 7.05 Å². The van der Waals surface area contributed by atoms with Crippen LogP contribution < -0.4 is 0 Å². The number of aryl methyl sites for hydroxylation is 1. The Labute approximate surface area is 140 Å². The second-order valence-corrected chi connectivity index (χ2v) is 5.80. The highest BCUT2D eigenvalue weighted by Gasteiger charge is 2.18. The smallest absolute Gasteiger partial charge is 0.141 e. The van der Waals surface area contributed by atoms with Crippen molar-refractivity contribution in [3.8, 4) is 22.7 Å². The Kier molecular flexibility index (Phi) is 3.54. The van der Waals surface area contributed by atoms with Crippen molar-refractivity contribution < 1.29 is 4.42 Å². The number of hydrogen-bond acceptors (Lipinski definition) is 3. The van der Waals surface area contributed by atoms with Gasteiger partial charge in [0.15, 0.2) is 0 Å². The first kappa shape index (κ1) is 14.5. The number of rotatable bonds is 4. The minimum Gasteiger partial charge on any atom is -0.464 e. The molecular formula is C19H18N4O. The van der Waals surface area contributed by atoms with E-state index in [1.165, 1.54) is 0 Å². The third-order valence-electron chi connectivity index (χ3n) is 4.25. The fraction of sp³-hybridized carbons (Fsp3) is 0.158. The average Bonchev–Trinajstić information content (AvgIpc) is 3.35. The quantitative estimate of drug-likeness (QED) is 0.568. The van der Waals surface area contributed by atoms with Gasteiger partial charge in [0.25, 0.3) is 0 Å². The van der Waals surface area contributed by atoms with Gasteiger partial charge < -0.3 is 8.98 Å². The summed E-state index contributed by atoms with van der Waals surface area (Å²) in [6.45, 7) is 2.15. The average molecular weight is 318 g/mol. The fourth-order valence-corrected chi connectivity index (χ4v) is 2.98. The molecule has 1 aromatic carbocycles. The molecule has 0 aliphatic heterocycles. The first-order valence-corrected chi connectivity index (χ1v) is 7.88. The summed E-state index contributed by atoms with van der Waals surface area (Å²) in [5.41, 5.74) is 3.23. The highest BCUT2D eigenvalue weighted by atomic mass is 16.3. The summed E-state index contributed by atoms with van der Waals surface area (Å²) in [5, 5.41) is 4.28. The summed E-state index contributed by atoms with van der Waals surface area (Å²) in [4.78, 5) is 4.60. The van der Waals surface area contributed by atoms with Crippen LogP contribution in [0.1, 0.15) is 18.5 Å². The molecule has 0 N–H and O–H groups in total. The van der Waals surface area contributed by atoms with Gasteiger partial charge in [-0.25, -0.2) is 4.98 Å². The van der Waals surface area contributed by atoms with Crippen LogP contribution in [0.25, 0.3) is 22.7 Å². The molecule has 0 fully saturated rings. The minimum absolute atomic E-state index is 0.140. The third kappa shape index (κ3) is 2.44. The summed E-state index contributed by atoms with van der Waals surface area (Å²) in [6.07, 6.45) is 9.46. The van der Waals surface area contributed by atoms with Crippen molar-refractivity contribution >= 4 is 0 Å². The summed E-state index contributed by atoms with van der Waals surface area (Å²) in [5.74, 6) is 1.76. The molecule has 4 aromatic rings. The molecule has 0 spiro atoms. The lowest BCUT2D eigenvalue weighted by molar-refractivity contribution is 0.582. The van der Waals surface area contributed by atoms with E-state index >= 15 is 0 Å². The maximum Gasteiger partial charge on any atom is 0.141 e. The van der Waals surface area contributed by atoms with E-state index in [-0.39, 0.29) is 6.04 Å². The lowest BCUT2D eigenvalue weighted by atomic mass is 10.0. The molecule has 0 saturated carbocycles. The molecule has 4 rings (SSSR count). The van der Waals surface area contributed by atoms with Gasteiger partial charge in [-0.15, -0.1) is 0 Å². The van der Waals surface area contributed by atoms with Crippen LogP contribution in [0.5, 0.6) is 0 Å². The van der Waals surface area contributed by atoms with E-state index < -0.39 is 0 Å². The van der Waals surface area contributed by atoms with Crippen LogP contribution in [0.3, 0.4) is 0 Å². The number of aromatic nitrogens is 4. The predicted octanol–water partition coefficient (Wildman–Crippen LogP) is 4.15. The Hall–Kier alpha value is -3.08. The molecule has 120 valence electrons. The van der Waals surface area contributed by atoms with Gasteiger partial charge in [-0.2, -0.15) is 5.10 Å². The van der Waals surface area contributed by atoms with E-state index in [4.69, 9.17) is 4.42 Å². The largest absolute Gasteiger partial charge is 0.464 e. The van der Waals surface area contributed by atoms with E-state index in [1.54, 1.807) is 6.26 Å². The highest BCUT2D eigenvalue weighted by molar-refractivity contribution is 5.78. The maximum absolute atomic E-state index is 5.60. The van der Waals surface area contributed by atoms with Crippen LogP contribution in [0.4, 0.5) is 0 Å². The lowest BCUT2D eigenvalue weighted by Gasteiger charge is -2.16. The van der Waals surface area contributed by atoms with E-state index in [1.807, 2.05) is 60.8 Å². The predicted molar refractivity (Wildman–Crippen MR) is 92.4 cm³/mol. The lowest BCUT2D eigenvalue weighted by Crippen LogP contribution is -2.07. The summed E-state index contributed by atoms with van der Waals surface area (Å²) in [7, 11) is 1.93. The van der Waals surface area contributed by atoms with Crippen LogP contribution >= 0.6 is 0 Å². The standard InChI is InChI=1S/C19H18N4O/c1-14(15-12-21-22(2)13-15)23-10-9-20-19(23)17-7-4-3-6-16(17)18-8-5-11-24-18/h3-14H,1-2H3. The molecule has 1 unspecified atom stereocenters. The van der Waals surface area contributed by atoms with Gasteiger partial charge in [-0.05, 0) is 19.1 Å². The summed E-state index contributed by atoms with van der Waals surface area (Å²) in [6, 6.07) is 12.2. The topological polar surface area (TPSA) is 48.8 Å². The van der Waals surface area contributed by atoms with Crippen molar-refractivity contribution in [1.29, 1.82) is 0 Å². The molecule has 3 heterocycles. The zero-order valence-corrected chi connectivity index (χ0v) is 13.6. The van der Waals surface area contributed by atoms with E-state index in [0.717, 1.165) is 28.3 Å². The molecule has 0 radical (unpaired) electrons. The van der Waals surface area contributed by atoms with Gasteiger partial charge in [0.1, 0.15) is 11.6 Å². The Balaban J connectivity index is 1.81. The zero-order valence-electron chi connectivity index (χ0n) is 13.6. The Bertz CT molecular complexity index is 949. The summed E-state index contributed by atoms with van der Waals surface area (Å²) >= 11 is 0. The number of nitrogens with zero attached hydrogens (tertiary/aromatic N) is 4. The molecular weight excluding hydrogens is 300 g/mol. The van der Waals surface area contributed by atoms with Crippen molar-refractivity contribution in [2.24, 2.45) is 7.05 Å². The SMILES string of the molecule is CC(c1cnn(C)c1)n1ccnc1-c1ccccc1-c1ccco1. The van der Waals surface area contributed by atoms with Crippen molar-refractivity contribution in [2.45, 2.75) is 13.0 Å². The van der Waals surface area contributed by atoms with Gasteiger partial charge in [0.2, 0.25) is 0 Å². The highest BCUT2D eigenvalue weighted by Crippen LogP contribution is 2.33. The second-order valence-electron chi connectivity index (χ2n) is 5.80. The number of hydrogen-bond donors (Lipinski definition) is 0. The maximum atomic E-state index is 5.60. The molecule has 5 nitrogen and oxygen atoms in total. The van der Waals surface area contributed by atoms with Gasteiger partial charge in [-0.3, -0.25) is 4.68 Å². The molecule has 1 atom stereocenters. The van der Waals surface area contributed by atoms with E-state index in [9.17, 15) is 0 Å². The number of imidazole rings is 1. The fourth-order valence-electron chi connectivity index (χ4n) is 2.98. The number of furan rings is 1. The normalized spacial score (nSPS) is 12.4. The van der Waals surface area contributed by atoms with Crippen LogP contribution in [0.15, 0.2) is 71.9 Å². The van der Waals surface area contributed by atoms with Crippen molar-refractivity contribution in [3.63, 3.8) is 0 Å². The van der Waals surface area contributed by atoms with Gasteiger partial charge in [0, 0.05) is 42.3 Å². The molecule has 24 heavy (non-hydrogen) atoms. The second kappa shape index (κ2) is 5.85. The van der Waals surface area contributed by atoms with Crippen molar-refractivity contribution in [1.82, 2.24) is 19.3 Å². The van der Waals surface area contributed by atoms with Crippen molar-refractivity contribution in [2.75, 3.05) is 0 Å². The molecule has 0 saturated heterocycles. The Morgan fingerprint density at radius 1 is 1.08 bits per heavy atom. The molecule has 0 bridgehead atoms. The van der Waals surface area contributed by atoms with E-state index in [2.05, 4.69) is 33.7 Å². The molecule has 0 amide bonds. The minimum atomic E-state index is 0.140. The van der Waals surface area contributed by atoms with E-state index in [0.29, 0.717) is 0 Å². The first-order valence-electron chi connectivity index (χ1n) is 7.88. The van der Waals surface area contributed by atoms with Gasteiger partial charge >= 0.3 is 0 Å². The Morgan fingerprint density at radius 3 is 2.62 bits per heavy atom. The monoisotopic (exact) mass is 318 g/mol. The molecule has 0 aliphatic carbocycles. The van der Waals surface area contributed by atoms with Gasteiger partial charge in [-0.1, -0.05) is 24.3 Å². The molecule has 5 heteroatoms. The summed E-state index contributed by atoms with van der Waals surface area (Å²) < 4.78 is 9.58. The zero-order chi connectivity index (χ0) is 16.5. The molecule has 0 aliphatic rings. The number of benzene rings is 1. The van der Waals surface area contributed by atoms with Crippen LogP contribution in [-0.4, -0.2) is 19.3 Å². The Morgan fingerprint density at radius 2 is 1.92 bits per heavy atom. The van der Waals surface area contributed by atoms with Crippen molar-refractivity contribution in [3.05, 3.63) is 73.0 Å². The van der Waals surface area contributed by atoms with Crippen LogP contribution in [0, 0.1) is 0 Å².